The molecule has 1 rings (SSSR count). The van der Waals surface area contributed by atoms with E-state index in [4.69, 9.17) is 16.9 Å². The van der Waals surface area contributed by atoms with Gasteiger partial charge in [-0.05, 0) is 0 Å². The maximum atomic E-state index is 12.7. The van der Waals surface area contributed by atoms with Gasteiger partial charge in [-0.15, -0.1) is 11.6 Å². The second kappa shape index (κ2) is 3.72. The molecule has 3 nitrogen and oxygen atoms in total. The number of hydrogen-bond donors (Lipinski definition) is 0. The normalized spacial score (nSPS) is 28.6. The van der Waals surface area contributed by atoms with Crippen molar-refractivity contribution >= 4 is 17.5 Å². The van der Waals surface area contributed by atoms with E-state index in [2.05, 4.69) is 0 Å². The summed E-state index contributed by atoms with van der Waals surface area (Å²) >= 11 is 5.28. The molecule has 0 radical (unpaired) electrons. The van der Waals surface area contributed by atoms with Crippen LogP contribution in [0.15, 0.2) is 0 Å². The van der Waals surface area contributed by atoms with Crippen molar-refractivity contribution in [3.05, 3.63) is 0 Å². The van der Waals surface area contributed by atoms with Gasteiger partial charge in [-0.3, -0.25) is 4.79 Å². The molecule has 0 unspecified atom stereocenters. The molecular weight excluding hydrogens is 183 g/mol. The summed E-state index contributed by atoms with van der Waals surface area (Å²) in [6, 6.07) is 1.23. The molecule has 0 aromatic heterocycles. The number of nitrogens with zero attached hydrogens (tertiary/aromatic N) is 2. The van der Waals surface area contributed by atoms with Crippen LogP contribution in [0.3, 0.4) is 0 Å². The second-order valence-electron chi connectivity index (χ2n) is 2.66. The lowest BCUT2D eigenvalue weighted by Gasteiger charge is -2.16. The van der Waals surface area contributed by atoms with Crippen molar-refractivity contribution in [2.45, 2.75) is 18.6 Å². The van der Waals surface area contributed by atoms with E-state index < -0.39 is 12.2 Å². The van der Waals surface area contributed by atoms with Crippen molar-refractivity contribution < 1.29 is 9.18 Å². The topological polar surface area (TPSA) is 44.1 Å². The molecule has 2 atom stereocenters. The van der Waals surface area contributed by atoms with E-state index in [1.165, 1.54) is 4.90 Å². The first kappa shape index (κ1) is 9.27. The predicted molar refractivity (Wildman–Crippen MR) is 41.3 cm³/mol. The van der Waals surface area contributed by atoms with Gasteiger partial charge in [0.25, 0.3) is 0 Å². The van der Waals surface area contributed by atoms with Crippen LogP contribution in [-0.4, -0.2) is 35.4 Å². The molecule has 12 heavy (non-hydrogen) atoms. The minimum absolute atomic E-state index is 0.00375. The zero-order valence-electron chi connectivity index (χ0n) is 6.33. The van der Waals surface area contributed by atoms with Gasteiger partial charge < -0.3 is 4.90 Å². The number of halogens is 2. The van der Waals surface area contributed by atoms with Gasteiger partial charge >= 0.3 is 0 Å². The van der Waals surface area contributed by atoms with E-state index in [-0.39, 0.29) is 24.8 Å². The highest BCUT2D eigenvalue weighted by Gasteiger charge is 2.34. The third-order valence-corrected chi connectivity index (χ3v) is 2.06. The summed E-state index contributed by atoms with van der Waals surface area (Å²) in [5, 5.41) is 8.54. The van der Waals surface area contributed by atoms with Crippen LogP contribution in [0.5, 0.6) is 0 Å². The van der Waals surface area contributed by atoms with E-state index in [0.717, 1.165) is 0 Å². The second-order valence-corrected chi connectivity index (χ2v) is 2.92. The van der Waals surface area contributed by atoms with Gasteiger partial charge in [-0.25, -0.2) is 4.39 Å². The third kappa shape index (κ3) is 1.67. The number of alkyl halides is 2. The van der Waals surface area contributed by atoms with Crippen LogP contribution in [0.2, 0.25) is 0 Å². The minimum atomic E-state index is -1.08. The summed E-state index contributed by atoms with van der Waals surface area (Å²) in [6.07, 6.45) is -0.971. The molecule has 1 amide bonds. The Morgan fingerprint density at radius 1 is 1.83 bits per heavy atom. The van der Waals surface area contributed by atoms with Gasteiger partial charge in [0.05, 0.1) is 12.6 Å². The first-order valence-corrected chi connectivity index (χ1v) is 4.11. The molecule has 0 aromatic rings. The van der Waals surface area contributed by atoms with Crippen LogP contribution in [0, 0.1) is 11.3 Å². The summed E-state index contributed by atoms with van der Waals surface area (Å²) in [5.74, 6) is -0.561. The quantitative estimate of drug-likeness (QED) is 0.571. The Morgan fingerprint density at radius 2 is 2.50 bits per heavy atom. The van der Waals surface area contributed by atoms with E-state index in [1.807, 2.05) is 6.07 Å². The number of likely N-dealkylation sites (tertiary alicyclic amines) is 1. The first-order chi connectivity index (χ1) is 5.69. The van der Waals surface area contributed by atoms with Crippen molar-refractivity contribution in [2.75, 3.05) is 12.4 Å². The SMILES string of the molecule is N#C[C@H]1C[C@@H](F)CN1C(=O)CCl. The highest BCUT2D eigenvalue weighted by Crippen LogP contribution is 2.19. The Balaban J connectivity index is 2.65. The lowest BCUT2D eigenvalue weighted by Crippen LogP contribution is -2.35. The first-order valence-electron chi connectivity index (χ1n) is 3.58. The largest absolute Gasteiger partial charge is 0.323 e. The van der Waals surface area contributed by atoms with Gasteiger partial charge in [0, 0.05) is 6.42 Å². The molecule has 0 N–H and O–H groups in total. The molecular formula is C7H8ClFN2O. The highest BCUT2D eigenvalue weighted by molar-refractivity contribution is 6.27. The van der Waals surface area contributed by atoms with Crippen LogP contribution in [0.25, 0.3) is 0 Å². The average Bonchev–Trinajstić information content (AvgIpc) is 2.45. The van der Waals surface area contributed by atoms with Crippen molar-refractivity contribution in [1.82, 2.24) is 4.90 Å². The third-order valence-electron chi connectivity index (χ3n) is 1.83. The molecule has 0 bridgehead atoms. The monoisotopic (exact) mass is 190 g/mol. The number of carbonyl (C=O) groups excluding carboxylic acids is 1. The summed E-state index contributed by atoms with van der Waals surface area (Å²) in [5.41, 5.74) is 0. The van der Waals surface area contributed by atoms with Crippen LogP contribution < -0.4 is 0 Å². The van der Waals surface area contributed by atoms with Crippen LogP contribution in [-0.2, 0) is 4.79 Å². The molecule has 1 aliphatic rings. The van der Waals surface area contributed by atoms with E-state index in [9.17, 15) is 9.18 Å². The molecule has 1 saturated heterocycles. The van der Waals surface area contributed by atoms with E-state index in [1.54, 1.807) is 0 Å². The van der Waals surface area contributed by atoms with Gasteiger partial charge in [-0.2, -0.15) is 5.26 Å². The number of rotatable bonds is 1. The number of nitriles is 1. The fourth-order valence-electron chi connectivity index (χ4n) is 1.26. The fourth-order valence-corrected chi connectivity index (χ4v) is 1.41. The molecule has 1 heterocycles. The van der Waals surface area contributed by atoms with Crippen molar-refractivity contribution in [3.63, 3.8) is 0 Å². The summed E-state index contributed by atoms with van der Waals surface area (Å²) in [7, 11) is 0. The standard InChI is InChI=1S/C7H8ClFN2O/c8-2-7(12)11-4-5(9)1-6(11)3-10/h5-6H,1-2,4H2/t5-,6-/m1/s1. The Bertz CT molecular complexity index is 228. The van der Waals surface area contributed by atoms with Crippen molar-refractivity contribution in [3.8, 4) is 6.07 Å². The minimum Gasteiger partial charge on any atom is -0.323 e. The molecule has 0 aromatic carbocycles. The van der Waals surface area contributed by atoms with Crippen LogP contribution in [0.4, 0.5) is 4.39 Å². The maximum Gasteiger partial charge on any atom is 0.238 e. The lowest BCUT2D eigenvalue weighted by molar-refractivity contribution is -0.128. The van der Waals surface area contributed by atoms with Crippen molar-refractivity contribution in [1.29, 1.82) is 5.26 Å². The Labute approximate surface area is 74.7 Å². The predicted octanol–water partition coefficient (Wildman–Crippen LogP) is 0.688. The van der Waals surface area contributed by atoms with E-state index in [0.29, 0.717) is 0 Å². The highest BCUT2D eigenvalue weighted by atomic mass is 35.5. The zero-order valence-corrected chi connectivity index (χ0v) is 7.09. The van der Waals surface area contributed by atoms with E-state index >= 15 is 0 Å². The summed E-state index contributed by atoms with van der Waals surface area (Å²) < 4.78 is 12.7. The number of amides is 1. The molecule has 5 heteroatoms. The summed E-state index contributed by atoms with van der Waals surface area (Å²) in [4.78, 5) is 12.2. The molecule has 0 saturated carbocycles. The maximum absolute atomic E-state index is 12.7. The van der Waals surface area contributed by atoms with Gasteiger partial charge in [-0.1, -0.05) is 0 Å². The fraction of sp³-hybridized carbons (Fsp3) is 0.714. The van der Waals surface area contributed by atoms with Gasteiger partial charge in [0.1, 0.15) is 18.1 Å². The number of hydrogen-bond acceptors (Lipinski definition) is 2. The molecule has 0 spiro atoms. The molecule has 1 fully saturated rings. The summed E-state index contributed by atoms with van der Waals surface area (Å²) in [6.45, 7) is 0.00375. The number of carbonyl (C=O) groups is 1. The van der Waals surface area contributed by atoms with Crippen LogP contribution >= 0.6 is 11.6 Å². The lowest BCUT2D eigenvalue weighted by atomic mass is 10.2. The van der Waals surface area contributed by atoms with Gasteiger partial charge in [0.2, 0.25) is 5.91 Å². The van der Waals surface area contributed by atoms with Crippen LogP contribution in [0.1, 0.15) is 6.42 Å². The Kier molecular flexibility index (Phi) is 2.88. The zero-order chi connectivity index (χ0) is 9.14. The van der Waals surface area contributed by atoms with Crippen molar-refractivity contribution in [2.24, 2.45) is 0 Å². The Morgan fingerprint density at radius 3 is 3.00 bits per heavy atom. The average molecular weight is 191 g/mol. The molecule has 66 valence electrons. The molecule has 1 aliphatic heterocycles. The Hall–Kier alpha value is -0.820. The molecule has 0 aliphatic carbocycles. The smallest absolute Gasteiger partial charge is 0.238 e. The van der Waals surface area contributed by atoms with Gasteiger partial charge in [0.15, 0.2) is 0 Å².